The molecule has 2 heterocycles. The van der Waals surface area contributed by atoms with E-state index in [-0.39, 0.29) is 17.7 Å². The van der Waals surface area contributed by atoms with Crippen molar-refractivity contribution in [2.75, 3.05) is 45.3 Å². The molecule has 9 heteroatoms. The average Bonchev–Trinajstić information content (AvgIpc) is 2.82. The number of anilines is 1. The normalized spacial score (nSPS) is 14.9. The lowest BCUT2D eigenvalue weighted by Crippen LogP contribution is -2.56. The van der Waals surface area contributed by atoms with E-state index in [1.165, 1.54) is 14.2 Å². The SMILES string of the molecule is COc1cc(OC)cc(C(=O)N[C@@H](C(=O)N2CCN(c3ncccn3)CC2)C(C)C)c1. The van der Waals surface area contributed by atoms with Crippen LogP contribution in [0.15, 0.2) is 36.7 Å². The van der Waals surface area contributed by atoms with Gasteiger partial charge in [-0.3, -0.25) is 9.59 Å². The molecule has 31 heavy (non-hydrogen) atoms. The van der Waals surface area contributed by atoms with Gasteiger partial charge in [0.1, 0.15) is 17.5 Å². The zero-order chi connectivity index (χ0) is 22.4. The first-order valence-corrected chi connectivity index (χ1v) is 10.3. The molecule has 1 aliphatic rings. The van der Waals surface area contributed by atoms with Crippen molar-refractivity contribution in [2.24, 2.45) is 5.92 Å². The standard InChI is InChI=1S/C22H29N5O4/c1-15(2)19(25-20(28)16-12-17(30-3)14-18(13-16)31-4)21(29)26-8-10-27(11-9-26)22-23-6-5-7-24-22/h5-7,12-15,19H,8-11H2,1-4H3,(H,25,28)/t19-/m1/s1. The van der Waals surface area contributed by atoms with Gasteiger partial charge in [-0.1, -0.05) is 13.8 Å². The monoisotopic (exact) mass is 427 g/mol. The number of aromatic nitrogens is 2. The maximum absolute atomic E-state index is 13.2. The highest BCUT2D eigenvalue weighted by Gasteiger charge is 2.31. The first kappa shape index (κ1) is 22.3. The number of carbonyl (C=O) groups is 2. The molecule has 2 aromatic rings. The average molecular weight is 428 g/mol. The second-order valence-corrected chi connectivity index (χ2v) is 7.66. The van der Waals surface area contributed by atoms with Gasteiger partial charge in [0.15, 0.2) is 0 Å². The topological polar surface area (TPSA) is 96.9 Å². The Hall–Kier alpha value is -3.36. The number of hydrogen-bond acceptors (Lipinski definition) is 7. The van der Waals surface area contributed by atoms with Crippen LogP contribution in [0.1, 0.15) is 24.2 Å². The number of methoxy groups -OCH3 is 2. The molecule has 0 radical (unpaired) electrons. The number of rotatable bonds is 7. The number of carbonyl (C=O) groups excluding carboxylic acids is 2. The van der Waals surface area contributed by atoms with Gasteiger partial charge in [0, 0.05) is 50.2 Å². The summed E-state index contributed by atoms with van der Waals surface area (Å²) < 4.78 is 10.5. The van der Waals surface area contributed by atoms with Crippen LogP contribution in [-0.2, 0) is 4.79 Å². The second kappa shape index (κ2) is 10.1. The zero-order valence-corrected chi connectivity index (χ0v) is 18.4. The molecule has 1 aromatic carbocycles. The van der Waals surface area contributed by atoms with Crippen LogP contribution in [0.4, 0.5) is 5.95 Å². The molecule has 9 nitrogen and oxygen atoms in total. The van der Waals surface area contributed by atoms with E-state index in [0.29, 0.717) is 49.2 Å². The smallest absolute Gasteiger partial charge is 0.252 e. The van der Waals surface area contributed by atoms with Crippen molar-refractivity contribution in [1.82, 2.24) is 20.2 Å². The van der Waals surface area contributed by atoms with E-state index < -0.39 is 6.04 Å². The summed E-state index contributed by atoms with van der Waals surface area (Å²) in [7, 11) is 3.05. The minimum atomic E-state index is -0.635. The third kappa shape index (κ3) is 5.42. The van der Waals surface area contributed by atoms with E-state index in [1.54, 1.807) is 41.6 Å². The van der Waals surface area contributed by atoms with Gasteiger partial charge in [-0.15, -0.1) is 0 Å². The van der Waals surface area contributed by atoms with E-state index in [9.17, 15) is 9.59 Å². The summed E-state index contributed by atoms with van der Waals surface area (Å²) >= 11 is 0. The molecular weight excluding hydrogens is 398 g/mol. The Morgan fingerprint density at radius 3 is 2.06 bits per heavy atom. The summed E-state index contributed by atoms with van der Waals surface area (Å²) in [4.78, 5) is 38.5. The molecule has 3 rings (SSSR count). The van der Waals surface area contributed by atoms with Gasteiger partial charge in [-0.2, -0.15) is 0 Å². The first-order chi connectivity index (χ1) is 14.9. The van der Waals surface area contributed by atoms with Crippen molar-refractivity contribution >= 4 is 17.8 Å². The largest absolute Gasteiger partial charge is 0.497 e. The van der Waals surface area contributed by atoms with Crippen molar-refractivity contribution in [3.05, 3.63) is 42.2 Å². The Bertz CT molecular complexity index is 876. The fraction of sp³-hybridized carbons (Fsp3) is 0.455. The lowest BCUT2D eigenvalue weighted by Gasteiger charge is -2.37. The van der Waals surface area contributed by atoms with Crippen molar-refractivity contribution in [1.29, 1.82) is 0 Å². The van der Waals surface area contributed by atoms with Gasteiger partial charge in [-0.25, -0.2) is 9.97 Å². The Labute approximate surface area is 182 Å². The Kier molecular flexibility index (Phi) is 7.28. The fourth-order valence-electron chi connectivity index (χ4n) is 3.45. The van der Waals surface area contributed by atoms with Gasteiger partial charge in [0.25, 0.3) is 5.91 Å². The van der Waals surface area contributed by atoms with E-state index >= 15 is 0 Å². The van der Waals surface area contributed by atoms with Gasteiger partial charge in [0.2, 0.25) is 11.9 Å². The van der Waals surface area contributed by atoms with Crippen LogP contribution < -0.4 is 19.7 Å². The highest BCUT2D eigenvalue weighted by Crippen LogP contribution is 2.23. The number of piperazine rings is 1. The van der Waals surface area contributed by atoms with Crippen LogP contribution in [0.3, 0.4) is 0 Å². The fourth-order valence-corrected chi connectivity index (χ4v) is 3.45. The van der Waals surface area contributed by atoms with Crippen molar-refractivity contribution in [3.8, 4) is 11.5 Å². The second-order valence-electron chi connectivity index (χ2n) is 7.66. The van der Waals surface area contributed by atoms with E-state index in [0.717, 1.165) is 0 Å². The molecule has 166 valence electrons. The molecule has 1 fully saturated rings. The van der Waals surface area contributed by atoms with E-state index in [1.807, 2.05) is 13.8 Å². The molecule has 1 saturated heterocycles. The van der Waals surface area contributed by atoms with Gasteiger partial charge < -0.3 is 24.6 Å². The Balaban J connectivity index is 1.67. The maximum Gasteiger partial charge on any atom is 0.252 e. The summed E-state index contributed by atoms with van der Waals surface area (Å²) in [5, 5.41) is 2.90. The highest BCUT2D eigenvalue weighted by atomic mass is 16.5. The number of nitrogens with zero attached hydrogens (tertiary/aromatic N) is 4. The number of nitrogens with one attached hydrogen (secondary N) is 1. The third-order valence-electron chi connectivity index (χ3n) is 5.26. The summed E-state index contributed by atoms with van der Waals surface area (Å²) in [5.41, 5.74) is 0.376. The van der Waals surface area contributed by atoms with Gasteiger partial charge in [0.05, 0.1) is 14.2 Å². The van der Waals surface area contributed by atoms with Crippen molar-refractivity contribution in [2.45, 2.75) is 19.9 Å². The molecule has 1 aromatic heterocycles. The summed E-state index contributed by atoms with van der Waals surface area (Å²) in [5.74, 6) is 1.18. The van der Waals surface area contributed by atoms with Crippen LogP contribution in [-0.4, -0.2) is 73.1 Å². The van der Waals surface area contributed by atoms with Crippen LogP contribution in [0.25, 0.3) is 0 Å². The summed E-state index contributed by atoms with van der Waals surface area (Å²) in [6, 6.07) is 6.08. The molecule has 0 saturated carbocycles. The molecule has 2 amide bonds. The number of benzene rings is 1. The molecule has 0 aliphatic carbocycles. The maximum atomic E-state index is 13.2. The molecule has 0 spiro atoms. The quantitative estimate of drug-likeness (QED) is 0.717. The number of ether oxygens (including phenoxy) is 2. The molecule has 1 atom stereocenters. The predicted molar refractivity (Wildman–Crippen MR) is 116 cm³/mol. The van der Waals surface area contributed by atoms with Crippen molar-refractivity contribution in [3.63, 3.8) is 0 Å². The summed E-state index contributed by atoms with van der Waals surface area (Å²) in [6.45, 7) is 6.21. The Morgan fingerprint density at radius 2 is 1.55 bits per heavy atom. The highest BCUT2D eigenvalue weighted by molar-refractivity contribution is 5.98. The van der Waals surface area contributed by atoms with Crippen molar-refractivity contribution < 1.29 is 19.1 Å². The van der Waals surface area contributed by atoms with E-state index in [2.05, 4.69) is 20.2 Å². The molecule has 0 unspecified atom stereocenters. The van der Waals surface area contributed by atoms with E-state index in [4.69, 9.17) is 9.47 Å². The minimum Gasteiger partial charge on any atom is -0.497 e. The molecule has 1 N–H and O–H groups in total. The van der Waals surface area contributed by atoms with Gasteiger partial charge in [-0.05, 0) is 24.1 Å². The predicted octanol–water partition coefficient (Wildman–Crippen LogP) is 1.60. The first-order valence-electron chi connectivity index (χ1n) is 10.3. The van der Waals surface area contributed by atoms with Crippen LogP contribution >= 0.6 is 0 Å². The van der Waals surface area contributed by atoms with Crippen LogP contribution in [0, 0.1) is 5.92 Å². The van der Waals surface area contributed by atoms with Gasteiger partial charge >= 0.3 is 0 Å². The Morgan fingerprint density at radius 1 is 0.968 bits per heavy atom. The van der Waals surface area contributed by atoms with Crippen LogP contribution in [0.5, 0.6) is 11.5 Å². The number of amides is 2. The third-order valence-corrected chi connectivity index (χ3v) is 5.26. The summed E-state index contributed by atoms with van der Waals surface area (Å²) in [6.07, 6.45) is 3.41. The van der Waals surface area contributed by atoms with Crippen LogP contribution in [0.2, 0.25) is 0 Å². The molecular formula is C22H29N5O4. The number of hydrogen-bond donors (Lipinski definition) is 1. The lowest BCUT2D eigenvalue weighted by atomic mass is 10.0. The molecule has 1 aliphatic heterocycles. The zero-order valence-electron chi connectivity index (χ0n) is 18.4. The minimum absolute atomic E-state index is 0.0700. The lowest BCUT2D eigenvalue weighted by molar-refractivity contribution is -0.134. The molecule has 0 bridgehead atoms.